The molecule has 0 spiro atoms. The first-order valence-corrected chi connectivity index (χ1v) is 13.5. The average molecular weight is 613 g/mol. The van der Waals surface area contributed by atoms with Gasteiger partial charge < -0.3 is 14.8 Å². The lowest BCUT2D eigenvalue weighted by atomic mass is 10.1. The van der Waals surface area contributed by atoms with Gasteiger partial charge in [-0.2, -0.15) is 18.4 Å². The number of rotatable bonds is 10. The Labute approximate surface area is 250 Å². The Balaban J connectivity index is 1.51. The number of hydrogen-bond acceptors (Lipinski definition) is 5. The van der Waals surface area contributed by atoms with Gasteiger partial charge in [0.1, 0.15) is 5.02 Å². The van der Waals surface area contributed by atoms with Crippen molar-refractivity contribution in [2.24, 2.45) is 0 Å². The molecule has 42 heavy (non-hydrogen) atoms. The molecule has 1 heterocycles. The second-order valence-corrected chi connectivity index (χ2v) is 10.1. The normalized spacial score (nSPS) is 11.1. The number of benzene rings is 3. The summed E-state index contributed by atoms with van der Waals surface area (Å²) in [6.07, 6.45) is -0.0362. The molecule has 0 saturated heterocycles. The van der Waals surface area contributed by atoms with E-state index in [2.05, 4.69) is 16.4 Å². The minimum atomic E-state index is -4.55. The Bertz CT molecular complexity index is 1620. The fourth-order valence-electron chi connectivity index (χ4n) is 4.36. The predicted molar refractivity (Wildman–Crippen MR) is 157 cm³/mol. The summed E-state index contributed by atoms with van der Waals surface area (Å²) in [5.74, 6) is 0. The van der Waals surface area contributed by atoms with Crippen LogP contribution in [0, 0.1) is 21.4 Å². The first-order chi connectivity index (χ1) is 20.0. The number of anilines is 1. The molecule has 13 heteroatoms. The first kappa shape index (κ1) is 30.5. The zero-order chi connectivity index (χ0) is 30.3. The molecule has 8 nitrogen and oxygen atoms in total. The number of imidazole rings is 1. The van der Waals surface area contributed by atoms with E-state index in [1.165, 1.54) is 36.4 Å². The van der Waals surface area contributed by atoms with E-state index < -0.39 is 16.7 Å². The number of aryl methyl sites for hydroxylation is 1. The van der Waals surface area contributed by atoms with Crippen molar-refractivity contribution in [3.63, 3.8) is 0 Å². The van der Waals surface area contributed by atoms with Crippen LogP contribution >= 0.6 is 23.8 Å². The Kier molecular flexibility index (Phi) is 9.77. The Hall–Kier alpha value is -4.47. The third-order valence-electron chi connectivity index (χ3n) is 6.46. The Morgan fingerprint density at radius 2 is 1.90 bits per heavy atom. The highest BCUT2D eigenvalue weighted by atomic mass is 35.5. The molecular weight excluding hydrogens is 589 g/mol. The summed E-state index contributed by atoms with van der Waals surface area (Å²) in [6, 6.07) is 18.7. The zero-order valence-electron chi connectivity index (χ0n) is 22.0. The molecule has 0 atom stereocenters. The maximum absolute atomic E-state index is 13.7. The summed E-state index contributed by atoms with van der Waals surface area (Å²) >= 11 is 11.5. The van der Waals surface area contributed by atoms with Gasteiger partial charge >= 0.3 is 6.18 Å². The SMILES string of the molecule is N#Cc1ccc(Cn2cncc2CCCN(Cc2ccccc2C(F)(F)F)C(=S)Nc2ccc(Cl)c([N+](=O)[O-])c2)cc1. The molecule has 0 saturated carbocycles. The number of alkyl halides is 3. The number of nitriles is 1. The fraction of sp³-hybridized carbons (Fsp3) is 0.207. The second kappa shape index (κ2) is 13.5. The van der Waals surface area contributed by atoms with Crippen molar-refractivity contribution in [2.45, 2.75) is 32.1 Å². The van der Waals surface area contributed by atoms with E-state index in [0.717, 1.165) is 17.3 Å². The standard InChI is InChI=1S/C29H24ClF3N6O2S/c30-26-12-11-23(14-27(26)39(40)41)36-28(42)37(18-22-4-1-2-6-25(22)29(31,32)33)13-3-5-24-16-35-19-38(24)17-21-9-7-20(15-34)8-10-21/h1-2,4,6-12,14,16,19H,3,5,13,17-18H2,(H,36,42). The van der Waals surface area contributed by atoms with Crippen LogP contribution in [0.3, 0.4) is 0 Å². The molecule has 0 unspecified atom stereocenters. The smallest absolute Gasteiger partial charge is 0.345 e. The van der Waals surface area contributed by atoms with Crippen molar-refractivity contribution in [2.75, 3.05) is 11.9 Å². The molecule has 0 radical (unpaired) electrons. The van der Waals surface area contributed by atoms with Gasteiger partial charge in [0.25, 0.3) is 5.69 Å². The van der Waals surface area contributed by atoms with Gasteiger partial charge in [-0.05, 0) is 66.5 Å². The highest BCUT2D eigenvalue weighted by Gasteiger charge is 2.33. The van der Waals surface area contributed by atoms with Crippen LogP contribution in [0.25, 0.3) is 0 Å². The van der Waals surface area contributed by atoms with Gasteiger partial charge in [0, 0.05) is 43.3 Å². The van der Waals surface area contributed by atoms with Crippen molar-refractivity contribution in [3.05, 3.63) is 122 Å². The van der Waals surface area contributed by atoms with Crippen molar-refractivity contribution in [3.8, 4) is 6.07 Å². The summed E-state index contributed by atoms with van der Waals surface area (Å²) in [4.78, 5) is 16.5. The Morgan fingerprint density at radius 1 is 1.17 bits per heavy atom. The number of nitro benzene ring substituents is 1. The van der Waals surface area contributed by atoms with Crippen LogP contribution in [-0.2, 0) is 25.7 Å². The van der Waals surface area contributed by atoms with Gasteiger partial charge in [0.05, 0.1) is 28.4 Å². The number of nitro groups is 1. The van der Waals surface area contributed by atoms with Gasteiger partial charge in [-0.3, -0.25) is 10.1 Å². The van der Waals surface area contributed by atoms with E-state index in [1.54, 1.807) is 29.6 Å². The van der Waals surface area contributed by atoms with E-state index >= 15 is 0 Å². The molecule has 1 aromatic heterocycles. The van der Waals surface area contributed by atoms with Gasteiger partial charge in [-0.1, -0.05) is 41.9 Å². The highest BCUT2D eigenvalue weighted by Crippen LogP contribution is 2.33. The number of aromatic nitrogens is 2. The van der Waals surface area contributed by atoms with Crippen LogP contribution < -0.4 is 5.32 Å². The van der Waals surface area contributed by atoms with Crippen LogP contribution in [-0.4, -0.2) is 31.0 Å². The molecule has 4 aromatic rings. The van der Waals surface area contributed by atoms with E-state index in [1.807, 2.05) is 16.7 Å². The highest BCUT2D eigenvalue weighted by molar-refractivity contribution is 7.80. The molecular formula is C29H24ClF3N6O2S. The van der Waals surface area contributed by atoms with Gasteiger partial charge in [-0.25, -0.2) is 4.98 Å². The summed E-state index contributed by atoms with van der Waals surface area (Å²) in [7, 11) is 0. The lowest BCUT2D eigenvalue weighted by Gasteiger charge is -2.27. The summed E-state index contributed by atoms with van der Waals surface area (Å²) in [5.41, 5.74) is 1.71. The molecule has 0 aliphatic carbocycles. The van der Waals surface area contributed by atoms with Crippen molar-refractivity contribution >= 4 is 40.3 Å². The maximum Gasteiger partial charge on any atom is 0.416 e. The molecule has 1 N–H and O–H groups in total. The monoisotopic (exact) mass is 612 g/mol. The number of nitrogens with zero attached hydrogens (tertiary/aromatic N) is 5. The number of nitrogens with one attached hydrogen (secondary N) is 1. The van der Waals surface area contributed by atoms with Crippen LogP contribution in [0.15, 0.2) is 79.3 Å². The minimum absolute atomic E-state index is 0.0436. The molecule has 0 aliphatic heterocycles. The van der Waals surface area contributed by atoms with Gasteiger partial charge in [0.15, 0.2) is 5.11 Å². The van der Waals surface area contributed by atoms with Crippen LogP contribution in [0.1, 0.15) is 34.4 Å². The largest absolute Gasteiger partial charge is 0.416 e. The molecule has 0 bridgehead atoms. The molecule has 3 aromatic carbocycles. The van der Waals surface area contributed by atoms with Gasteiger partial charge in [0.2, 0.25) is 0 Å². The first-order valence-electron chi connectivity index (χ1n) is 12.7. The van der Waals surface area contributed by atoms with Crippen LogP contribution in [0.4, 0.5) is 24.5 Å². The maximum atomic E-state index is 13.7. The number of thiocarbonyl (C=S) groups is 1. The molecule has 0 fully saturated rings. The summed E-state index contributed by atoms with van der Waals surface area (Å²) in [5, 5.41) is 23.3. The second-order valence-electron chi connectivity index (χ2n) is 9.36. The van der Waals surface area contributed by atoms with E-state index in [4.69, 9.17) is 29.1 Å². The van der Waals surface area contributed by atoms with Crippen molar-refractivity contribution in [1.29, 1.82) is 5.26 Å². The molecule has 4 rings (SSSR count). The van der Waals surface area contributed by atoms with Crippen LogP contribution in [0.2, 0.25) is 5.02 Å². The lowest BCUT2D eigenvalue weighted by Crippen LogP contribution is -2.36. The quantitative estimate of drug-likeness (QED) is 0.115. The molecule has 0 amide bonds. The van der Waals surface area contributed by atoms with Crippen LogP contribution in [0.5, 0.6) is 0 Å². The van der Waals surface area contributed by atoms with E-state index in [0.29, 0.717) is 24.9 Å². The third kappa shape index (κ3) is 7.84. The summed E-state index contributed by atoms with van der Waals surface area (Å²) < 4.78 is 43.2. The van der Waals surface area contributed by atoms with Gasteiger partial charge in [-0.15, -0.1) is 0 Å². The van der Waals surface area contributed by atoms with E-state index in [9.17, 15) is 23.3 Å². The molecule has 216 valence electrons. The topological polar surface area (TPSA) is 100 Å². The zero-order valence-corrected chi connectivity index (χ0v) is 23.6. The Morgan fingerprint density at radius 3 is 2.60 bits per heavy atom. The van der Waals surface area contributed by atoms with Crippen molar-refractivity contribution in [1.82, 2.24) is 14.5 Å². The fourth-order valence-corrected chi connectivity index (χ4v) is 4.82. The lowest BCUT2D eigenvalue weighted by molar-refractivity contribution is -0.384. The predicted octanol–water partition coefficient (Wildman–Crippen LogP) is 7.22. The van der Waals surface area contributed by atoms with E-state index in [-0.39, 0.29) is 40.2 Å². The average Bonchev–Trinajstić information content (AvgIpc) is 3.40. The number of hydrogen-bond donors (Lipinski definition) is 1. The minimum Gasteiger partial charge on any atom is -0.345 e. The summed E-state index contributed by atoms with van der Waals surface area (Å²) in [6.45, 7) is 0.691. The van der Waals surface area contributed by atoms with Crippen molar-refractivity contribution < 1.29 is 18.1 Å². The number of halogens is 4. The third-order valence-corrected chi connectivity index (χ3v) is 7.14. The molecule has 0 aliphatic rings.